The zero-order valence-corrected chi connectivity index (χ0v) is 13.8. The van der Waals surface area contributed by atoms with Crippen LogP contribution in [0.5, 0.6) is 0 Å². The number of sulfonamides is 1. The minimum absolute atomic E-state index is 0.150. The van der Waals surface area contributed by atoms with E-state index in [4.69, 9.17) is 0 Å². The van der Waals surface area contributed by atoms with Crippen LogP contribution in [0.1, 0.15) is 50.2 Å². The summed E-state index contributed by atoms with van der Waals surface area (Å²) >= 11 is 0. The number of hydrogen-bond acceptors (Lipinski definition) is 2. The minimum atomic E-state index is -3.36. The highest BCUT2D eigenvalue weighted by atomic mass is 32.2. The van der Waals surface area contributed by atoms with Gasteiger partial charge in [-0.15, -0.1) is 0 Å². The molecule has 2 atom stereocenters. The largest absolute Gasteiger partial charge is 0.243 e. The van der Waals surface area contributed by atoms with E-state index >= 15 is 0 Å². The van der Waals surface area contributed by atoms with Crippen molar-refractivity contribution >= 4 is 10.0 Å². The quantitative estimate of drug-likeness (QED) is 0.858. The first-order chi connectivity index (χ1) is 10.00. The lowest BCUT2D eigenvalue weighted by molar-refractivity contribution is 0.213. The van der Waals surface area contributed by atoms with Gasteiger partial charge in [0, 0.05) is 13.1 Å². The van der Waals surface area contributed by atoms with E-state index in [1.54, 1.807) is 17.4 Å². The predicted octanol–water partition coefficient (Wildman–Crippen LogP) is 3.37. The highest BCUT2D eigenvalue weighted by Crippen LogP contribution is 2.32. The van der Waals surface area contributed by atoms with Gasteiger partial charge in [0.25, 0.3) is 0 Å². The lowest BCUT2D eigenvalue weighted by Gasteiger charge is -2.35. The van der Waals surface area contributed by atoms with Gasteiger partial charge in [-0.1, -0.05) is 25.8 Å². The Balaban J connectivity index is 1.89. The Bertz CT molecular complexity index is 624. The number of nitrogens with zero attached hydrogens (tertiary/aromatic N) is 1. The molecule has 3 rings (SSSR count). The summed E-state index contributed by atoms with van der Waals surface area (Å²) in [4.78, 5) is 0.475. The van der Waals surface area contributed by atoms with Gasteiger partial charge in [0.2, 0.25) is 10.0 Å². The van der Waals surface area contributed by atoms with Crippen LogP contribution < -0.4 is 0 Å². The molecular weight excluding hydrogens is 282 g/mol. The molecule has 0 N–H and O–H groups in total. The molecule has 0 amide bonds. The van der Waals surface area contributed by atoms with E-state index in [9.17, 15) is 8.42 Å². The van der Waals surface area contributed by atoms with Gasteiger partial charge in [-0.2, -0.15) is 4.31 Å². The van der Waals surface area contributed by atoms with Gasteiger partial charge < -0.3 is 0 Å². The number of hydrogen-bond donors (Lipinski definition) is 0. The molecule has 0 aromatic heterocycles. The normalized spacial score (nSPS) is 26.0. The molecule has 0 spiro atoms. The fourth-order valence-electron chi connectivity index (χ4n) is 3.89. The van der Waals surface area contributed by atoms with Crippen LogP contribution >= 0.6 is 0 Å². The van der Waals surface area contributed by atoms with Crippen LogP contribution in [0.25, 0.3) is 0 Å². The lowest BCUT2D eigenvalue weighted by atomic mass is 9.86. The molecule has 0 radical (unpaired) electrons. The van der Waals surface area contributed by atoms with Crippen molar-refractivity contribution < 1.29 is 8.42 Å². The monoisotopic (exact) mass is 307 g/mol. The number of benzene rings is 1. The maximum absolute atomic E-state index is 12.9. The fourth-order valence-corrected chi connectivity index (χ4v) is 5.42. The second kappa shape index (κ2) is 5.73. The van der Waals surface area contributed by atoms with Gasteiger partial charge in [-0.25, -0.2) is 8.42 Å². The minimum Gasteiger partial charge on any atom is -0.207 e. The van der Waals surface area contributed by atoms with Crippen molar-refractivity contribution in [3.8, 4) is 0 Å². The Morgan fingerprint density at radius 1 is 1.05 bits per heavy atom. The van der Waals surface area contributed by atoms with E-state index < -0.39 is 10.0 Å². The van der Waals surface area contributed by atoms with Crippen molar-refractivity contribution in [3.05, 3.63) is 29.3 Å². The first-order valence-electron chi connectivity index (χ1n) is 8.10. The van der Waals surface area contributed by atoms with E-state index in [0.717, 1.165) is 38.5 Å². The summed E-state index contributed by atoms with van der Waals surface area (Å²) in [5.41, 5.74) is 2.55. The van der Waals surface area contributed by atoms with E-state index in [1.165, 1.54) is 17.5 Å². The first kappa shape index (κ1) is 15.0. The Morgan fingerprint density at radius 3 is 2.52 bits per heavy atom. The number of rotatable bonds is 3. The molecule has 0 bridgehead atoms. The molecule has 116 valence electrons. The predicted molar refractivity (Wildman–Crippen MR) is 84.8 cm³/mol. The molecule has 21 heavy (non-hydrogen) atoms. The molecule has 4 heteroatoms. The van der Waals surface area contributed by atoms with Crippen LogP contribution in [0, 0.1) is 5.92 Å². The first-order valence-corrected chi connectivity index (χ1v) is 9.54. The topological polar surface area (TPSA) is 37.4 Å². The smallest absolute Gasteiger partial charge is 0.207 e. The highest BCUT2D eigenvalue weighted by molar-refractivity contribution is 7.89. The van der Waals surface area contributed by atoms with Crippen molar-refractivity contribution in [3.63, 3.8) is 0 Å². The molecule has 0 unspecified atom stereocenters. The van der Waals surface area contributed by atoms with Gasteiger partial charge in [0.1, 0.15) is 0 Å². The third-order valence-corrected chi connectivity index (χ3v) is 7.16. The molecular formula is C17H25NO2S. The van der Waals surface area contributed by atoms with E-state index in [2.05, 4.69) is 6.92 Å². The van der Waals surface area contributed by atoms with Crippen molar-refractivity contribution in [2.45, 2.75) is 62.8 Å². The molecule has 1 aromatic carbocycles. The van der Waals surface area contributed by atoms with Gasteiger partial charge in [-0.05, 0) is 61.3 Å². The average Bonchev–Trinajstić information content (AvgIpc) is 2.94. The van der Waals surface area contributed by atoms with Crippen molar-refractivity contribution in [2.75, 3.05) is 7.05 Å². The molecule has 1 aromatic rings. The summed E-state index contributed by atoms with van der Waals surface area (Å²) in [5, 5.41) is 0. The standard InChI is InChI=1S/C17H25NO2S/c1-13-6-3-4-9-17(13)18(2)21(19,20)16-11-10-14-7-5-8-15(14)12-16/h10-13,17H,3-9H2,1-2H3/t13-,17+/m0/s1. The van der Waals surface area contributed by atoms with Crippen LogP contribution in [0.4, 0.5) is 0 Å². The third kappa shape index (κ3) is 2.76. The van der Waals surface area contributed by atoms with Crippen LogP contribution in [-0.2, 0) is 22.9 Å². The van der Waals surface area contributed by atoms with Crippen molar-refractivity contribution in [1.29, 1.82) is 0 Å². The fraction of sp³-hybridized carbons (Fsp3) is 0.647. The zero-order chi connectivity index (χ0) is 15.0. The van der Waals surface area contributed by atoms with E-state index in [-0.39, 0.29) is 6.04 Å². The van der Waals surface area contributed by atoms with Crippen molar-refractivity contribution in [1.82, 2.24) is 4.31 Å². The van der Waals surface area contributed by atoms with E-state index in [1.807, 2.05) is 12.1 Å². The average molecular weight is 307 g/mol. The van der Waals surface area contributed by atoms with Crippen LogP contribution in [-0.4, -0.2) is 25.8 Å². The number of fused-ring (bicyclic) bond motifs is 1. The summed E-state index contributed by atoms with van der Waals surface area (Å²) in [6.07, 6.45) is 7.74. The summed E-state index contributed by atoms with van der Waals surface area (Å²) in [6.45, 7) is 2.18. The highest BCUT2D eigenvalue weighted by Gasteiger charge is 2.33. The summed E-state index contributed by atoms with van der Waals surface area (Å²) < 4.78 is 27.4. The van der Waals surface area contributed by atoms with Gasteiger partial charge in [-0.3, -0.25) is 0 Å². The van der Waals surface area contributed by atoms with Gasteiger partial charge in [0.05, 0.1) is 4.90 Å². The summed E-state index contributed by atoms with van der Waals surface area (Å²) in [6, 6.07) is 5.86. The molecule has 3 nitrogen and oxygen atoms in total. The zero-order valence-electron chi connectivity index (χ0n) is 13.0. The molecule has 1 saturated carbocycles. The summed E-state index contributed by atoms with van der Waals surface area (Å²) in [7, 11) is -1.60. The molecule has 0 heterocycles. The van der Waals surface area contributed by atoms with Crippen LogP contribution in [0.15, 0.2) is 23.1 Å². The maximum Gasteiger partial charge on any atom is 0.243 e. The second-order valence-electron chi connectivity index (χ2n) is 6.63. The molecule has 1 fully saturated rings. The van der Waals surface area contributed by atoms with Crippen LogP contribution in [0.3, 0.4) is 0 Å². The van der Waals surface area contributed by atoms with Gasteiger partial charge >= 0.3 is 0 Å². The number of aryl methyl sites for hydroxylation is 2. The molecule has 0 aliphatic heterocycles. The van der Waals surface area contributed by atoms with Gasteiger partial charge in [0.15, 0.2) is 0 Å². The van der Waals surface area contributed by atoms with Crippen molar-refractivity contribution in [2.24, 2.45) is 5.92 Å². The molecule has 2 aliphatic carbocycles. The van der Waals surface area contributed by atoms with Crippen LogP contribution in [0.2, 0.25) is 0 Å². The Morgan fingerprint density at radius 2 is 1.76 bits per heavy atom. The molecule has 0 saturated heterocycles. The molecule has 2 aliphatic rings. The van der Waals surface area contributed by atoms with E-state index in [0.29, 0.717) is 10.8 Å². The second-order valence-corrected chi connectivity index (χ2v) is 8.63. The summed E-state index contributed by atoms with van der Waals surface area (Å²) in [5.74, 6) is 0.452. The SMILES string of the molecule is C[C@H]1CCCC[C@H]1N(C)S(=O)(=O)c1ccc2c(c1)CCC2. The lowest BCUT2D eigenvalue weighted by Crippen LogP contribution is -2.42. The maximum atomic E-state index is 12.9. The Hall–Kier alpha value is -0.870. The third-order valence-electron chi connectivity index (χ3n) is 5.28. The Labute approximate surface area is 128 Å². The Kier molecular flexibility index (Phi) is 4.10.